The van der Waals surface area contributed by atoms with Crippen LogP contribution in [0.25, 0.3) is 0 Å². The van der Waals surface area contributed by atoms with Gasteiger partial charge in [-0.1, -0.05) is 23.8 Å². The molecule has 2 aliphatic rings. The Morgan fingerprint density at radius 3 is 2.53 bits per heavy atom. The van der Waals surface area contributed by atoms with Crippen LogP contribution in [0.2, 0.25) is 0 Å². The number of aromatic nitrogens is 1. The van der Waals surface area contributed by atoms with E-state index in [0.717, 1.165) is 20.7 Å². The van der Waals surface area contributed by atoms with Crippen molar-refractivity contribution in [2.24, 2.45) is 4.99 Å². The highest BCUT2D eigenvalue weighted by molar-refractivity contribution is 7.90. The second-order valence-electron chi connectivity index (χ2n) is 8.76. The summed E-state index contributed by atoms with van der Waals surface area (Å²) < 4.78 is 38.9. The summed E-state index contributed by atoms with van der Waals surface area (Å²) in [5.41, 5.74) is 4.50. The van der Waals surface area contributed by atoms with Gasteiger partial charge in [-0.3, -0.25) is 9.79 Å². The van der Waals surface area contributed by atoms with Crippen LogP contribution in [-0.2, 0) is 22.9 Å². The zero-order valence-electron chi connectivity index (χ0n) is 20.4. The molecule has 2 heterocycles. The van der Waals surface area contributed by atoms with Crippen LogP contribution in [0.1, 0.15) is 32.7 Å². The molecule has 1 aromatic heterocycles. The molecular formula is C27H27N3O5S. The SMILES string of the molecule is COc1ccc(CCNC2=CC3=NCCc4cn(S(=O)(=O)c5ccc(C)cc5)c(c43)C2=O)cc1OC. The Labute approximate surface area is 210 Å². The van der Waals surface area contributed by atoms with Gasteiger partial charge in [0.05, 0.1) is 30.5 Å². The van der Waals surface area contributed by atoms with Crippen LogP contribution in [0.5, 0.6) is 11.5 Å². The number of aryl methyl sites for hydroxylation is 1. The molecule has 0 bridgehead atoms. The molecule has 0 unspecified atom stereocenters. The minimum Gasteiger partial charge on any atom is -0.493 e. The lowest BCUT2D eigenvalue weighted by Crippen LogP contribution is -2.32. The first-order chi connectivity index (χ1) is 17.3. The summed E-state index contributed by atoms with van der Waals surface area (Å²) in [7, 11) is -0.785. The van der Waals surface area contributed by atoms with E-state index in [9.17, 15) is 13.2 Å². The summed E-state index contributed by atoms with van der Waals surface area (Å²) in [6.07, 6.45) is 4.52. The Morgan fingerprint density at radius 1 is 1.06 bits per heavy atom. The fraction of sp³-hybridized carbons (Fsp3) is 0.259. The number of hydrogen-bond acceptors (Lipinski definition) is 7. The van der Waals surface area contributed by atoms with Gasteiger partial charge in [0.25, 0.3) is 10.0 Å². The highest BCUT2D eigenvalue weighted by Crippen LogP contribution is 2.32. The smallest absolute Gasteiger partial charge is 0.268 e. The van der Waals surface area contributed by atoms with Crippen LogP contribution in [0.3, 0.4) is 0 Å². The van der Waals surface area contributed by atoms with E-state index in [1.54, 1.807) is 50.8 Å². The molecule has 8 nitrogen and oxygen atoms in total. The van der Waals surface area contributed by atoms with Crippen molar-refractivity contribution in [1.82, 2.24) is 9.29 Å². The maximum absolute atomic E-state index is 13.6. The number of Topliss-reactive ketones (excluding diaryl/α,β-unsaturated/α-hetero) is 1. The number of allylic oxidation sites excluding steroid dienone is 2. The standard InChI is InChI=1S/C27H27N3O5S/c1-17-4-7-20(8-5-17)36(32,33)30-16-19-11-13-28-21-15-22(27(31)26(30)25(19)21)29-12-10-18-6-9-23(34-2)24(14-18)35-3/h4-9,14-16,29H,10-13H2,1-3H3. The first kappa shape index (κ1) is 23.9. The molecule has 1 aliphatic carbocycles. The van der Waals surface area contributed by atoms with Crippen molar-refractivity contribution in [3.05, 3.63) is 88.4 Å². The van der Waals surface area contributed by atoms with Gasteiger partial charge in [0.2, 0.25) is 5.78 Å². The number of carbonyl (C=O) groups is 1. The first-order valence-electron chi connectivity index (χ1n) is 11.7. The van der Waals surface area contributed by atoms with Crippen molar-refractivity contribution in [2.75, 3.05) is 27.3 Å². The van der Waals surface area contributed by atoms with Crippen LogP contribution >= 0.6 is 0 Å². The zero-order valence-corrected chi connectivity index (χ0v) is 21.2. The molecular weight excluding hydrogens is 478 g/mol. The van der Waals surface area contributed by atoms with Crippen LogP contribution in [-0.4, -0.2) is 51.2 Å². The molecule has 0 spiro atoms. The number of carbonyl (C=O) groups excluding carboxylic acids is 1. The molecule has 36 heavy (non-hydrogen) atoms. The van der Waals surface area contributed by atoms with E-state index < -0.39 is 10.0 Å². The Kier molecular flexibility index (Phi) is 6.17. The number of hydrogen-bond donors (Lipinski definition) is 1. The maximum atomic E-state index is 13.6. The van der Waals surface area contributed by atoms with Crippen LogP contribution in [0.4, 0.5) is 0 Å². The number of methoxy groups -OCH3 is 2. The van der Waals surface area contributed by atoms with Gasteiger partial charge in [-0.2, -0.15) is 0 Å². The Hall–Kier alpha value is -3.85. The molecule has 9 heteroatoms. The molecule has 0 atom stereocenters. The summed E-state index contributed by atoms with van der Waals surface area (Å²) >= 11 is 0. The van der Waals surface area contributed by atoms with Gasteiger partial charge in [-0.15, -0.1) is 0 Å². The quantitative estimate of drug-likeness (QED) is 0.504. The monoisotopic (exact) mass is 505 g/mol. The molecule has 186 valence electrons. The van der Waals surface area contributed by atoms with Gasteiger partial charge < -0.3 is 14.8 Å². The average molecular weight is 506 g/mol. The molecule has 1 aliphatic heterocycles. The van der Waals surface area contributed by atoms with E-state index in [4.69, 9.17) is 9.47 Å². The molecule has 5 rings (SSSR count). The fourth-order valence-corrected chi connectivity index (χ4v) is 5.96. The molecule has 0 fully saturated rings. The zero-order chi connectivity index (χ0) is 25.4. The van der Waals surface area contributed by atoms with Gasteiger partial charge >= 0.3 is 0 Å². The van der Waals surface area contributed by atoms with Crippen molar-refractivity contribution < 1.29 is 22.7 Å². The lowest BCUT2D eigenvalue weighted by molar-refractivity contribution is 0.102. The number of nitrogens with zero attached hydrogens (tertiary/aromatic N) is 2. The fourth-order valence-electron chi connectivity index (χ4n) is 4.57. The average Bonchev–Trinajstić information content (AvgIpc) is 3.29. The Morgan fingerprint density at radius 2 is 1.81 bits per heavy atom. The number of ketones is 1. The van der Waals surface area contributed by atoms with Crippen molar-refractivity contribution >= 4 is 21.5 Å². The van der Waals surface area contributed by atoms with Gasteiger partial charge in [0.1, 0.15) is 5.69 Å². The molecule has 1 N–H and O–H groups in total. The highest BCUT2D eigenvalue weighted by atomic mass is 32.2. The Bertz CT molecular complexity index is 1520. The predicted octanol–water partition coefficient (Wildman–Crippen LogP) is 3.31. The highest BCUT2D eigenvalue weighted by Gasteiger charge is 2.36. The third-order valence-corrected chi connectivity index (χ3v) is 8.14. The third kappa shape index (κ3) is 4.09. The topological polar surface area (TPSA) is 99.0 Å². The Balaban J connectivity index is 1.43. The van der Waals surface area contributed by atoms with E-state index in [0.29, 0.717) is 54.4 Å². The number of nitrogens with one attached hydrogen (secondary N) is 1. The molecule has 0 amide bonds. The van der Waals surface area contributed by atoms with E-state index in [1.807, 2.05) is 25.1 Å². The van der Waals surface area contributed by atoms with Crippen molar-refractivity contribution in [2.45, 2.75) is 24.7 Å². The summed E-state index contributed by atoms with van der Waals surface area (Å²) in [6.45, 7) is 2.90. The minimum atomic E-state index is -3.96. The first-order valence-corrected chi connectivity index (χ1v) is 13.1. The minimum absolute atomic E-state index is 0.139. The molecule has 0 radical (unpaired) electrons. The predicted molar refractivity (Wildman–Crippen MR) is 137 cm³/mol. The summed E-state index contributed by atoms with van der Waals surface area (Å²) in [6, 6.07) is 12.3. The molecule has 3 aromatic rings. The number of benzene rings is 2. The summed E-state index contributed by atoms with van der Waals surface area (Å²) in [5.74, 6) is 0.921. The van der Waals surface area contributed by atoms with Crippen molar-refractivity contribution in [1.29, 1.82) is 0 Å². The lowest BCUT2D eigenvalue weighted by atomic mass is 9.92. The second kappa shape index (κ2) is 9.31. The maximum Gasteiger partial charge on any atom is 0.268 e. The van der Waals surface area contributed by atoms with Crippen molar-refractivity contribution in [3.63, 3.8) is 0 Å². The summed E-state index contributed by atoms with van der Waals surface area (Å²) in [5, 5.41) is 3.20. The number of aliphatic imine (C=N–C) groups is 1. The third-order valence-electron chi connectivity index (χ3n) is 6.47. The van der Waals surface area contributed by atoms with E-state index >= 15 is 0 Å². The molecule has 0 saturated carbocycles. The van der Waals surface area contributed by atoms with Crippen molar-refractivity contribution in [3.8, 4) is 11.5 Å². The van der Waals surface area contributed by atoms with Crippen LogP contribution < -0.4 is 14.8 Å². The number of ether oxygens (including phenoxy) is 2. The van der Waals surface area contributed by atoms with Gasteiger partial charge in [-0.25, -0.2) is 12.4 Å². The van der Waals surface area contributed by atoms with Crippen LogP contribution in [0.15, 0.2) is 70.3 Å². The molecule has 2 aromatic carbocycles. The van der Waals surface area contributed by atoms with Gasteiger partial charge in [0, 0.05) is 24.8 Å². The van der Waals surface area contributed by atoms with E-state index in [2.05, 4.69) is 10.3 Å². The number of rotatable bonds is 8. The molecule has 0 saturated heterocycles. The van der Waals surface area contributed by atoms with E-state index in [-0.39, 0.29) is 16.4 Å². The largest absolute Gasteiger partial charge is 0.493 e. The normalized spacial score (nSPS) is 14.6. The van der Waals surface area contributed by atoms with E-state index in [1.165, 1.54) is 0 Å². The second-order valence-corrected chi connectivity index (χ2v) is 10.6. The van der Waals surface area contributed by atoms with Crippen LogP contribution in [0, 0.1) is 6.92 Å². The summed E-state index contributed by atoms with van der Waals surface area (Å²) in [4.78, 5) is 18.3. The lowest BCUT2D eigenvalue weighted by Gasteiger charge is -2.21. The van der Waals surface area contributed by atoms with Gasteiger partial charge in [0.15, 0.2) is 11.5 Å². The van der Waals surface area contributed by atoms with Gasteiger partial charge in [-0.05, 0) is 61.2 Å².